The van der Waals surface area contributed by atoms with Gasteiger partial charge in [0.25, 0.3) is 0 Å². The molecule has 1 fully saturated rings. The Morgan fingerprint density at radius 3 is 2.94 bits per heavy atom. The molecule has 0 aromatic carbocycles. The smallest absolute Gasteiger partial charge is 0.356 e. The lowest BCUT2D eigenvalue weighted by Crippen LogP contribution is -2.25. The predicted octanol–water partition coefficient (Wildman–Crippen LogP) is 0.392. The molecule has 98 valence electrons. The number of aromatic nitrogens is 2. The number of hydrogen-bond acceptors (Lipinski definition) is 4. The minimum atomic E-state index is -1.02. The molecule has 0 amide bonds. The van der Waals surface area contributed by atoms with Gasteiger partial charge in [0.05, 0.1) is 18.4 Å². The van der Waals surface area contributed by atoms with E-state index in [9.17, 15) is 15.0 Å². The molecule has 0 saturated carbocycles. The molecule has 0 radical (unpaired) electrons. The van der Waals surface area contributed by atoms with E-state index < -0.39 is 12.1 Å². The van der Waals surface area contributed by atoms with Crippen molar-refractivity contribution in [3.63, 3.8) is 0 Å². The van der Waals surface area contributed by atoms with E-state index in [0.717, 1.165) is 12.2 Å². The number of aromatic carboxylic acids is 1. The summed E-state index contributed by atoms with van der Waals surface area (Å²) in [5, 5.41) is 18.9. The zero-order chi connectivity index (χ0) is 12.7. The molecule has 0 bridgehead atoms. The molecule has 0 spiro atoms. The molecule has 3 rings (SSSR count). The van der Waals surface area contributed by atoms with E-state index in [4.69, 9.17) is 4.74 Å². The molecule has 3 heterocycles. The first-order chi connectivity index (χ1) is 8.66. The summed E-state index contributed by atoms with van der Waals surface area (Å²) in [6.07, 6.45) is 1.46. The van der Waals surface area contributed by atoms with Crippen LogP contribution in [0, 0.1) is 0 Å². The van der Waals surface area contributed by atoms with Gasteiger partial charge in [0, 0.05) is 25.5 Å². The number of carboxylic acids is 1. The Bertz CT molecular complexity index is 477. The van der Waals surface area contributed by atoms with Gasteiger partial charge in [-0.2, -0.15) is 0 Å². The largest absolute Gasteiger partial charge is 0.476 e. The Morgan fingerprint density at radius 2 is 2.28 bits per heavy atom. The van der Waals surface area contributed by atoms with Crippen molar-refractivity contribution in [1.29, 1.82) is 0 Å². The number of rotatable bonds is 2. The maximum Gasteiger partial charge on any atom is 0.356 e. The van der Waals surface area contributed by atoms with Gasteiger partial charge in [0.15, 0.2) is 5.69 Å². The number of aliphatic hydroxyl groups excluding tert-OH is 1. The van der Waals surface area contributed by atoms with Crippen LogP contribution in [-0.2, 0) is 17.7 Å². The zero-order valence-electron chi connectivity index (χ0n) is 10.0. The number of nitrogens with zero attached hydrogens (tertiary/aromatic N) is 2. The molecule has 1 aromatic heterocycles. The van der Waals surface area contributed by atoms with Gasteiger partial charge in [-0.25, -0.2) is 9.78 Å². The Labute approximate surface area is 104 Å². The van der Waals surface area contributed by atoms with Crippen LogP contribution in [0.15, 0.2) is 0 Å². The van der Waals surface area contributed by atoms with E-state index in [1.54, 1.807) is 0 Å². The number of ether oxygens (including phenoxy) is 1. The van der Waals surface area contributed by atoms with Gasteiger partial charge >= 0.3 is 5.97 Å². The van der Waals surface area contributed by atoms with Gasteiger partial charge < -0.3 is 19.5 Å². The van der Waals surface area contributed by atoms with E-state index in [-0.39, 0.29) is 11.6 Å². The normalized spacial score (nSPS) is 27.2. The summed E-state index contributed by atoms with van der Waals surface area (Å²) in [6.45, 7) is 1.96. The topological polar surface area (TPSA) is 84.6 Å². The van der Waals surface area contributed by atoms with E-state index in [2.05, 4.69) is 4.98 Å². The molecule has 1 saturated heterocycles. The van der Waals surface area contributed by atoms with Gasteiger partial charge in [-0.05, 0) is 12.8 Å². The number of hydrogen-bond donors (Lipinski definition) is 2. The van der Waals surface area contributed by atoms with Gasteiger partial charge in [0.1, 0.15) is 5.82 Å². The van der Waals surface area contributed by atoms with Crippen molar-refractivity contribution in [1.82, 2.24) is 9.55 Å². The predicted molar refractivity (Wildman–Crippen MR) is 61.7 cm³/mol. The minimum Gasteiger partial charge on any atom is -0.476 e. The van der Waals surface area contributed by atoms with Crippen molar-refractivity contribution in [2.24, 2.45) is 0 Å². The molecule has 6 nitrogen and oxygen atoms in total. The van der Waals surface area contributed by atoms with Crippen molar-refractivity contribution < 1.29 is 19.7 Å². The van der Waals surface area contributed by atoms with E-state index in [0.29, 0.717) is 38.3 Å². The highest BCUT2D eigenvalue weighted by Gasteiger charge is 2.31. The summed E-state index contributed by atoms with van der Waals surface area (Å²) in [5.74, 6) is -0.0168. The van der Waals surface area contributed by atoms with Gasteiger partial charge in [-0.3, -0.25) is 0 Å². The van der Waals surface area contributed by atoms with Gasteiger partial charge in [-0.15, -0.1) is 0 Å². The van der Waals surface area contributed by atoms with Crippen LogP contribution >= 0.6 is 0 Å². The lowest BCUT2D eigenvalue weighted by molar-refractivity contribution is 0.0687. The fourth-order valence-electron chi connectivity index (χ4n) is 2.79. The molecule has 18 heavy (non-hydrogen) atoms. The van der Waals surface area contributed by atoms with Crippen LogP contribution in [0.25, 0.3) is 0 Å². The average Bonchev–Trinajstić information content (AvgIpc) is 2.93. The Morgan fingerprint density at radius 1 is 1.44 bits per heavy atom. The summed E-state index contributed by atoms with van der Waals surface area (Å²) in [4.78, 5) is 15.5. The standard InChI is InChI=1S/C12H16N2O4/c15-8-1-3-14-9(5-8)10(12(16)17)13-11(14)7-2-4-18-6-7/h7-8,15H,1-6H2,(H,16,17). The molecule has 2 aliphatic heterocycles. The van der Waals surface area contributed by atoms with Crippen LogP contribution in [0.2, 0.25) is 0 Å². The van der Waals surface area contributed by atoms with Crippen molar-refractivity contribution in [3.8, 4) is 0 Å². The molecular weight excluding hydrogens is 236 g/mol. The third-order valence-electron chi connectivity index (χ3n) is 3.71. The quantitative estimate of drug-likeness (QED) is 0.795. The van der Waals surface area contributed by atoms with Crippen LogP contribution in [0.4, 0.5) is 0 Å². The van der Waals surface area contributed by atoms with Crippen LogP contribution in [-0.4, -0.2) is 45.1 Å². The molecule has 6 heteroatoms. The summed E-state index contributed by atoms with van der Waals surface area (Å²) in [5.41, 5.74) is 0.749. The fourth-order valence-corrected chi connectivity index (χ4v) is 2.79. The number of carboxylic acid groups (broad SMARTS) is 1. The number of aliphatic hydroxyl groups is 1. The van der Waals surface area contributed by atoms with Crippen LogP contribution in [0.5, 0.6) is 0 Å². The second kappa shape index (κ2) is 4.37. The zero-order valence-corrected chi connectivity index (χ0v) is 10.0. The lowest BCUT2D eigenvalue weighted by atomic mass is 10.0. The molecule has 2 unspecified atom stereocenters. The van der Waals surface area contributed by atoms with E-state index >= 15 is 0 Å². The van der Waals surface area contributed by atoms with E-state index in [1.807, 2.05) is 4.57 Å². The maximum atomic E-state index is 11.2. The Balaban J connectivity index is 2.04. The fraction of sp³-hybridized carbons (Fsp3) is 0.667. The minimum absolute atomic E-state index is 0.0932. The Kier molecular flexibility index (Phi) is 2.83. The summed E-state index contributed by atoms with van der Waals surface area (Å²) in [6, 6.07) is 0. The number of carbonyl (C=O) groups is 1. The molecular formula is C12H16N2O4. The lowest BCUT2D eigenvalue weighted by Gasteiger charge is -2.22. The average molecular weight is 252 g/mol. The molecule has 2 aliphatic rings. The van der Waals surface area contributed by atoms with Gasteiger partial charge in [-0.1, -0.05) is 0 Å². The Hall–Kier alpha value is -1.40. The molecule has 2 N–H and O–H groups in total. The van der Waals surface area contributed by atoms with Crippen molar-refractivity contribution in [3.05, 3.63) is 17.2 Å². The molecule has 2 atom stereocenters. The summed E-state index contributed by atoms with van der Waals surface area (Å²) in [7, 11) is 0. The van der Waals surface area contributed by atoms with Crippen LogP contribution < -0.4 is 0 Å². The van der Waals surface area contributed by atoms with Gasteiger partial charge in [0.2, 0.25) is 0 Å². The third kappa shape index (κ3) is 1.81. The first-order valence-corrected chi connectivity index (χ1v) is 6.25. The van der Waals surface area contributed by atoms with Crippen LogP contribution in [0.3, 0.4) is 0 Å². The van der Waals surface area contributed by atoms with Crippen molar-refractivity contribution in [2.45, 2.75) is 37.8 Å². The highest BCUT2D eigenvalue weighted by atomic mass is 16.5. The van der Waals surface area contributed by atoms with E-state index in [1.165, 1.54) is 0 Å². The third-order valence-corrected chi connectivity index (χ3v) is 3.71. The number of imidazole rings is 1. The number of fused-ring (bicyclic) bond motifs is 1. The second-order valence-corrected chi connectivity index (χ2v) is 4.93. The van der Waals surface area contributed by atoms with Crippen LogP contribution in [0.1, 0.15) is 40.8 Å². The van der Waals surface area contributed by atoms with Crippen molar-refractivity contribution >= 4 is 5.97 Å². The first kappa shape index (κ1) is 11.7. The first-order valence-electron chi connectivity index (χ1n) is 6.25. The molecule has 1 aromatic rings. The summed E-state index contributed by atoms with van der Waals surface area (Å²) >= 11 is 0. The monoisotopic (exact) mass is 252 g/mol. The highest BCUT2D eigenvalue weighted by Crippen LogP contribution is 2.30. The summed E-state index contributed by atoms with van der Waals surface area (Å²) < 4.78 is 7.31. The molecule has 0 aliphatic carbocycles. The van der Waals surface area contributed by atoms with Crippen molar-refractivity contribution in [2.75, 3.05) is 13.2 Å². The highest BCUT2D eigenvalue weighted by molar-refractivity contribution is 5.87. The SMILES string of the molecule is O=C(O)c1nc(C2CCOC2)n2c1CC(O)CC2. The maximum absolute atomic E-state index is 11.2. The second-order valence-electron chi connectivity index (χ2n) is 4.93.